The topological polar surface area (TPSA) is 38.8 Å². The quantitative estimate of drug-likeness (QED) is 0.183. The number of fused-ring (bicyclic) bond motifs is 1. The average Bonchev–Trinajstić information content (AvgIpc) is 3.00. The smallest absolute Gasteiger partial charge is 0.313 e. The number of carbonyl (C=O) groups excluding carboxylic acids is 1. The lowest BCUT2D eigenvalue weighted by Gasteiger charge is -2.28. The minimum atomic E-state index is -0.515. The molecule has 0 saturated heterocycles. The Labute approximate surface area is 222 Å². The van der Waals surface area contributed by atoms with Crippen molar-refractivity contribution in [3.05, 3.63) is 70.8 Å². The molecule has 0 amide bonds. The Hall–Kier alpha value is -2.46. The molecule has 2 unspecified atom stereocenters. The van der Waals surface area contributed by atoms with Crippen LogP contribution in [0.3, 0.4) is 0 Å². The maximum absolute atomic E-state index is 12.8. The number of rotatable bonds is 10. The fourth-order valence-electron chi connectivity index (χ4n) is 4.76. The largest absolute Gasteiger partial charge is 0.491 e. The molecule has 4 nitrogen and oxygen atoms in total. The number of aryl methyl sites for hydroxylation is 1. The molecule has 3 rings (SSSR count). The number of nitrogens with zero attached hydrogens (tertiary/aromatic N) is 1. The molecule has 0 aromatic heterocycles. The van der Waals surface area contributed by atoms with Gasteiger partial charge in [0.05, 0.1) is 18.2 Å². The summed E-state index contributed by atoms with van der Waals surface area (Å²) in [4.78, 5) is 15.2. The maximum atomic E-state index is 12.8. The SMILES string of the molecule is C=CCCCCN1CC(c2ccc(Cl)cc2CCC)COc2ccc(C(C)C(=O)OC(C)(C)C)cc21. The number of hydrogen-bond donors (Lipinski definition) is 0. The first kappa shape index (κ1) is 28.1. The van der Waals surface area contributed by atoms with Crippen LogP contribution in [0, 0.1) is 0 Å². The van der Waals surface area contributed by atoms with Crippen molar-refractivity contribution >= 4 is 23.3 Å². The lowest BCUT2D eigenvalue weighted by Crippen LogP contribution is -2.30. The van der Waals surface area contributed by atoms with E-state index in [1.54, 1.807) is 0 Å². The second-order valence-electron chi connectivity index (χ2n) is 10.8. The fourth-order valence-corrected chi connectivity index (χ4v) is 4.95. The van der Waals surface area contributed by atoms with Crippen LogP contribution in [0.25, 0.3) is 0 Å². The van der Waals surface area contributed by atoms with E-state index in [0.717, 1.165) is 67.2 Å². The summed E-state index contributed by atoms with van der Waals surface area (Å²) in [5.74, 6) is 0.524. The number of allylic oxidation sites excluding steroid dienone is 1. The van der Waals surface area contributed by atoms with E-state index in [2.05, 4.69) is 36.6 Å². The van der Waals surface area contributed by atoms with Gasteiger partial charge in [-0.15, -0.1) is 6.58 Å². The van der Waals surface area contributed by atoms with Gasteiger partial charge >= 0.3 is 5.97 Å². The van der Waals surface area contributed by atoms with Gasteiger partial charge in [-0.05, 0) is 94.3 Å². The summed E-state index contributed by atoms with van der Waals surface area (Å²) in [7, 11) is 0. The van der Waals surface area contributed by atoms with Crippen LogP contribution in [0.4, 0.5) is 5.69 Å². The number of carbonyl (C=O) groups is 1. The summed E-state index contributed by atoms with van der Waals surface area (Å²) in [6.07, 6.45) is 7.21. The van der Waals surface area contributed by atoms with E-state index in [1.807, 2.05) is 52.0 Å². The Morgan fingerprint density at radius 1 is 1.25 bits per heavy atom. The molecule has 2 atom stereocenters. The Morgan fingerprint density at radius 3 is 2.72 bits per heavy atom. The Kier molecular flexibility index (Phi) is 9.90. The van der Waals surface area contributed by atoms with Gasteiger partial charge < -0.3 is 14.4 Å². The van der Waals surface area contributed by atoms with Crippen molar-refractivity contribution in [2.24, 2.45) is 0 Å². The molecule has 0 saturated carbocycles. The summed E-state index contributed by atoms with van der Waals surface area (Å²) in [5, 5.41) is 0.780. The molecule has 1 aliphatic heterocycles. The number of anilines is 1. The van der Waals surface area contributed by atoms with Crippen molar-refractivity contribution in [2.75, 3.05) is 24.6 Å². The third-order valence-corrected chi connectivity index (χ3v) is 6.85. The maximum Gasteiger partial charge on any atom is 0.313 e. The van der Waals surface area contributed by atoms with Crippen molar-refractivity contribution in [3.8, 4) is 5.75 Å². The first-order valence-electron chi connectivity index (χ1n) is 13.3. The minimum Gasteiger partial charge on any atom is -0.491 e. The number of ether oxygens (including phenoxy) is 2. The van der Waals surface area contributed by atoms with E-state index >= 15 is 0 Å². The lowest BCUT2D eigenvalue weighted by molar-refractivity contribution is -0.156. The number of hydrogen-bond acceptors (Lipinski definition) is 4. The summed E-state index contributed by atoms with van der Waals surface area (Å²) in [6, 6.07) is 12.4. The summed E-state index contributed by atoms with van der Waals surface area (Å²) >= 11 is 6.35. The van der Waals surface area contributed by atoms with Gasteiger partial charge in [0, 0.05) is 24.0 Å². The van der Waals surface area contributed by atoms with Crippen LogP contribution in [0.2, 0.25) is 5.02 Å². The zero-order chi connectivity index (χ0) is 26.3. The van der Waals surface area contributed by atoms with Crippen LogP contribution < -0.4 is 9.64 Å². The second kappa shape index (κ2) is 12.7. The Bertz CT molecular complexity index is 1040. The van der Waals surface area contributed by atoms with Crippen LogP contribution in [0.1, 0.15) is 88.8 Å². The van der Waals surface area contributed by atoms with Crippen LogP contribution >= 0.6 is 11.6 Å². The molecule has 196 valence electrons. The highest BCUT2D eigenvalue weighted by Gasteiger charge is 2.28. The molecule has 0 aliphatic carbocycles. The van der Waals surface area contributed by atoms with Crippen molar-refractivity contribution in [1.82, 2.24) is 0 Å². The zero-order valence-electron chi connectivity index (χ0n) is 22.6. The van der Waals surface area contributed by atoms with Crippen molar-refractivity contribution < 1.29 is 14.3 Å². The predicted molar refractivity (Wildman–Crippen MR) is 151 cm³/mol. The molecule has 1 heterocycles. The normalized spacial score (nSPS) is 16.5. The van der Waals surface area contributed by atoms with Gasteiger partial charge in [-0.3, -0.25) is 4.79 Å². The third-order valence-electron chi connectivity index (χ3n) is 6.62. The predicted octanol–water partition coefficient (Wildman–Crippen LogP) is 8.08. The molecule has 0 fully saturated rings. The van der Waals surface area contributed by atoms with Gasteiger partial charge in [-0.2, -0.15) is 0 Å². The highest BCUT2D eigenvalue weighted by atomic mass is 35.5. The van der Waals surface area contributed by atoms with E-state index in [4.69, 9.17) is 21.1 Å². The van der Waals surface area contributed by atoms with Crippen LogP contribution in [0.5, 0.6) is 5.75 Å². The molecule has 5 heteroatoms. The van der Waals surface area contributed by atoms with Gasteiger partial charge in [-0.25, -0.2) is 0 Å². The molecule has 2 aromatic carbocycles. The van der Waals surface area contributed by atoms with E-state index in [0.29, 0.717) is 6.61 Å². The third kappa shape index (κ3) is 7.52. The van der Waals surface area contributed by atoms with Gasteiger partial charge in [0.15, 0.2) is 0 Å². The van der Waals surface area contributed by atoms with Crippen LogP contribution in [-0.4, -0.2) is 31.3 Å². The highest BCUT2D eigenvalue weighted by molar-refractivity contribution is 6.30. The van der Waals surface area contributed by atoms with Crippen molar-refractivity contribution in [3.63, 3.8) is 0 Å². The fraction of sp³-hybridized carbons (Fsp3) is 0.516. The number of unbranched alkanes of at least 4 members (excludes halogenated alkanes) is 2. The molecule has 0 radical (unpaired) electrons. The van der Waals surface area contributed by atoms with E-state index in [1.165, 1.54) is 11.1 Å². The van der Waals surface area contributed by atoms with Gasteiger partial charge in [-0.1, -0.05) is 43.2 Å². The van der Waals surface area contributed by atoms with E-state index < -0.39 is 5.60 Å². The number of benzene rings is 2. The van der Waals surface area contributed by atoms with Crippen LogP contribution in [0.15, 0.2) is 49.1 Å². The van der Waals surface area contributed by atoms with Gasteiger partial charge in [0.25, 0.3) is 0 Å². The first-order valence-corrected chi connectivity index (χ1v) is 13.6. The first-order chi connectivity index (χ1) is 17.1. The van der Waals surface area contributed by atoms with E-state index in [-0.39, 0.29) is 17.8 Å². The number of halogens is 1. The molecule has 1 aliphatic rings. The average molecular weight is 512 g/mol. The Morgan fingerprint density at radius 2 is 2.03 bits per heavy atom. The zero-order valence-corrected chi connectivity index (χ0v) is 23.4. The molecule has 0 N–H and O–H groups in total. The lowest BCUT2D eigenvalue weighted by atomic mass is 9.92. The molecule has 2 aromatic rings. The summed E-state index contributed by atoms with van der Waals surface area (Å²) in [6.45, 7) is 16.1. The van der Waals surface area contributed by atoms with Crippen molar-refractivity contribution in [1.29, 1.82) is 0 Å². The second-order valence-corrected chi connectivity index (χ2v) is 11.3. The number of esters is 1. The summed E-state index contributed by atoms with van der Waals surface area (Å²) in [5.41, 5.74) is 4.09. The summed E-state index contributed by atoms with van der Waals surface area (Å²) < 4.78 is 12.1. The van der Waals surface area contributed by atoms with Gasteiger partial charge in [0.2, 0.25) is 0 Å². The van der Waals surface area contributed by atoms with E-state index in [9.17, 15) is 4.79 Å². The highest BCUT2D eigenvalue weighted by Crippen LogP contribution is 2.38. The molecule has 36 heavy (non-hydrogen) atoms. The van der Waals surface area contributed by atoms with Gasteiger partial charge in [0.1, 0.15) is 11.4 Å². The molecular formula is C31H42ClNO3. The standard InChI is InChI=1S/C31H42ClNO3/c1-7-9-10-11-17-33-20-25(27-15-14-26(32)18-24(27)12-8-2)21-35-29-16-13-23(19-28(29)33)22(3)30(34)36-31(4,5)6/h7,13-16,18-19,22,25H,1,8-12,17,20-21H2,2-6H3. The molecule has 0 spiro atoms. The minimum absolute atomic E-state index is 0.210. The molecular weight excluding hydrogens is 470 g/mol. The van der Waals surface area contributed by atoms with Crippen LogP contribution in [-0.2, 0) is 16.0 Å². The molecule has 0 bridgehead atoms. The van der Waals surface area contributed by atoms with Crippen molar-refractivity contribution in [2.45, 2.75) is 84.2 Å². The Balaban J connectivity index is 1.93. The monoisotopic (exact) mass is 511 g/mol.